The van der Waals surface area contributed by atoms with Gasteiger partial charge in [-0.3, -0.25) is 4.79 Å². The van der Waals surface area contributed by atoms with E-state index in [0.717, 1.165) is 5.82 Å². The molecule has 0 saturated carbocycles. The molecule has 0 radical (unpaired) electrons. The van der Waals surface area contributed by atoms with Crippen molar-refractivity contribution in [3.05, 3.63) is 11.4 Å². The zero-order valence-electron chi connectivity index (χ0n) is 6.55. The third-order valence-corrected chi connectivity index (χ3v) is 1.94. The van der Waals surface area contributed by atoms with Crippen molar-refractivity contribution in [2.24, 2.45) is 10.7 Å². The standard InChI is InChI=1S/C7H10N4O/c8-6-5-4(12)1-2-9-7(5)11-3-10-6/h9,11H,1-3H2,(H2,8,10). The number of Topliss-reactive ketones (excluding diaryl/α,β-unsaturated/α-hetero) is 1. The zero-order valence-corrected chi connectivity index (χ0v) is 6.55. The van der Waals surface area contributed by atoms with Gasteiger partial charge in [0.15, 0.2) is 5.78 Å². The number of carbonyl (C=O) groups excluding carboxylic acids is 1. The maximum atomic E-state index is 11.3. The summed E-state index contributed by atoms with van der Waals surface area (Å²) in [6.07, 6.45) is 0.497. The molecule has 2 heterocycles. The normalized spacial score (nSPS) is 22.3. The van der Waals surface area contributed by atoms with Crippen LogP contribution in [0.1, 0.15) is 6.42 Å². The van der Waals surface area contributed by atoms with E-state index >= 15 is 0 Å². The van der Waals surface area contributed by atoms with Crippen molar-refractivity contribution in [3.8, 4) is 0 Å². The molecule has 0 fully saturated rings. The number of nitrogens with two attached hydrogens (primary N) is 1. The molecule has 5 heteroatoms. The quantitative estimate of drug-likeness (QED) is 0.417. The fourth-order valence-corrected chi connectivity index (χ4v) is 1.36. The van der Waals surface area contributed by atoms with Gasteiger partial charge in [-0.05, 0) is 0 Å². The van der Waals surface area contributed by atoms with Gasteiger partial charge in [-0.15, -0.1) is 0 Å². The Bertz CT molecular complexity index is 292. The molecule has 0 saturated heterocycles. The second kappa shape index (κ2) is 2.51. The third-order valence-electron chi connectivity index (χ3n) is 1.94. The summed E-state index contributed by atoms with van der Waals surface area (Å²) in [6.45, 7) is 1.13. The maximum absolute atomic E-state index is 11.3. The Kier molecular flexibility index (Phi) is 1.49. The molecular formula is C7H10N4O. The molecule has 4 N–H and O–H groups in total. The van der Waals surface area contributed by atoms with Crippen LogP contribution in [0.4, 0.5) is 0 Å². The number of hydrogen-bond donors (Lipinski definition) is 3. The fourth-order valence-electron chi connectivity index (χ4n) is 1.36. The summed E-state index contributed by atoms with van der Waals surface area (Å²) in [6, 6.07) is 0. The van der Waals surface area contributed by atoms with E-state index in [9.17, 15) is 4.79 Å². The first-order valence-corrected chi connectivity index (χ1v) is 3.84. The third kappa shape index (κ3) is 0.939. The van der Waals surface area contributed by atoms with E-state index < -0.39 is 0 Å². The van der Waals surface area contributed by atoms with Crippen molar-refractivity contribution >= 4 is 11.6 Å². The van der Waals surface area contributed by atoms with E-state index in [-0.39, 0.29) is 5.78 Å². The van der Waals surface area contributed by atoms with E-state index in [1.807, 2.05) is 0 Å². The van der Waals surface area contributed by atoms with Crippen molar-refractivity contribution in [1.82, 2.24) is 10.6 Å². The molecule has 0 atom stereocenters. The van der Waals surface area contributed by atoms with Gasteiger partial charge in [-0.1, -0.05) is 0 Å². The molecule has 12 heavy (non-hydrogen) atoms. The number of nitrogens with one attached hydrogen (secondary N) is 2. The average molecular weight is 166 g/mol. The Morgan fingerprint density at radius 2 is 2.25 bits per heavy atom. The second-order valence-corrected chi connectivity index (χ2v) is 2.73. The smallest absolute Gasteiger partial charge is 0.171 e. The van der Waals surface area contributed by atoms with Crippen LogP contribution < -0.4 is 16.4 Å². The largest absolute Gasteiger partial charge is 0.383 e. The minimum atomic E-state index is 0.0669. The summed E-state index contributed by atoms with van der Waals surface area (Å²) in [5, 5.41) is 6.03. The maximum Gasteiger partial charge on any atom is 0.171 e. The van der Waals surface area contributed by atoms with Gasteiger partial charge in [0.2, 0.25) is 0 Å². The van der Waals surface area contributed by atoms with Crippen LogP contribution in [-0.2, 0) is 4.79 Å². The molecule has 0 spiro atoms. The van der Waals surface area contributed by atoms with Crippen molar-refractivity contribution in [2.75, 3.05) is 13.2 Å². The monoisotopic (exact) mass is 166 g/mol. The molecule has 0 aromatic rings. The summed E-state index contributed by atoms with van der Waals surface area (Å²) in [7, 11) is 0. The minimum absolute atomic E-state index is 0.0669. The lowest BCUT2D eigenvalue weighted by Crippen LogP contribution is -2.43. The lowest BCUT2D eigenvalue weighted by atomic mass is 10.0. The Morgan fingerprint density at radius 3 is 3.00 bits per heavy atom. The van der Waals surface area contributed by atoms with Gasteiger partial charge < -0.3 is 16.4 Å². The van der Waals surface area contributed by atoms with E-state index in [0.29, 0.717) is 31.0 Å². The number of nitrogens with zero attached hydrogens (tertiary/aromatic N) is 1. The summed E-state index contributed by atoms with van der Waals surface area (Å²) in [5.74, 6) is 1.15. The minimum Gasteiger partial charge on any atom is -0.383 e. The highest BCUT2D eigenvalue weighted by Crippen LogP contribution is 2.11. The van der Waals surface area contributed by atoms with Crippen LogP contribution in [0.15, 0.2) is 16.4 Å². The number of rotatable bonds is 0. The highest BCUT2D eigenvalue weighted by molar-refractivity contribution is 6.22. The highest BCUT2D eigenvalue weighted by Gasteiger charge is 2.24. The molecule has 0 aliphatic carbocycles. The van der Waals surface area contributed by atoms with Crippen LogP contribution in [0.3, 0.4) is 0 Å². The molecule has 0 unspecified atom stereocenters. The van der Waals surface area contributed by atoms with Crippen LogP contribution in [0.25, 0.3) is 0 Å². The molecule has 2 aliphatic heterocycles. The Balaban J connectivity index is 2.42. The SMILES string of the molecule is NC1=NCNC2=C1C(=O)CCN2. The molecule has 0 aromatic heterocycles. The van der Waals surface area contributed by atoms with Crippen LogP contribution in [-0.4, -0.2) is 24.8 Å². The first-order valence-electron chi connectivity index (χ1n) is 3.84. The van der Waals surface area contributed by atoms with Gasteiger partial charge in [0.25, 0.3) is 0 Å². The summed E-state index contributed by atoms with van der Waals surface area (Å²) in [5.41, 5.74) is 6.09. The van der Waals surface area contributed by atoms with Gasteiger partial charge in [0, 0.05) is 13.0 Å². The number of carbonyl (C=O) groups is 1. The van der Waals surface area contributed by atoms with Crippen LogP contribution >= 0.6 is 0 Å². The highest BCUT2D eigenvalue weighted by atomic mass is 16.1. The number of ketones is 1. The van der Waals surface area contributed by atoms with Gasteiger partial charge in [-0.2, -0.15) is 0 Å². The van der Waals surface area contributed by atoms with E-state index in [1.165, 1.54) is 0 Å². The average Bonchev–Trinajstić information content (AvgIpc) is 2.04. The van der Waals surface area contributed by atoms with Crippen molar-refractivity contribution < 1.29 is 4.79 Å². The van der Waals surface area contributed by atoms with E-state index in [4.69, 9.17) is 5.73 Å². The molecule has 0 bridgehead atoms. The molecule has 2 rings (SSSR count). The summed E-state index contributed by atoms with van der Waals surface area (Å²) >= 11 is 0. The first kappa shape index (κ1) is 7.15. The predicted octanol–water partition coefficient (Wildman–Crippen LogP) is -1.32. The summed E-state index contributed by atoms with van der Waals surface area (Å²) in [4.78, 5) is 15.3. The topological polar surface area (TPSA) is 79.5 Å². The van der Waals surface area contributed by atoms with Crippen LogP contribution in [0.5, 0.6) is 0 Å². The predicted molar refractivity (Wildman–Crippen MR) is 44.3 cm³/mol. The van der Waals surface area contributed by atoms with Crippen LogP contribution in [0, 0.1) is 0 Å². The number of amidine groups is 1. The van der Waals surface area contributed by atoms with Gasteiger partial charge in [0.05, 0.1) is 5.57 Å². The number of aliphatic imine (C=N–C) groups is 1. The molecule has 5 nitrogen and oxygen atoms in total. The Hall–Kier alpha value is -1.52. The molecule has 0 aromatic carbocycles. The van der Waals surface area contributed by atoms with Crippen molar-refractivity contribution in [1.29, 1.82) is 0 Å². The molecule has 2 aliphatic rings. The van der Waals surface area contributed by atoms with E-state index in [2.05, 4.69) is 15.6 Å². The Morgan fingerprint density at radius 1 is 1.42 bits per heavy atom. The first-order chi connectivity index (χ1) is 5.79. The van der Waals surface area contributed by atoms with E-state index in [1.54, 1.807) is 0 Å². The number of hydrogen-bond acceptors (Lipinski definition) is 5. The van der Waals surface area contributed by atoms with Gasteiger partial charge >= 0.3 is 0 Å². The molecule has 0 amide bonds. The lowest BCUT2D eigenvalue weighted by Gasteiger charge is -2.24. The fraction of sp³-hybridized carbons (Fsp3) is 0.429. The van der Waals surface area contributed by atoms with Gasteiger partial charge in [-0.25, -0.2) is 4.99 Å². The lowest BCUT2D eigenvalue weighted by molar-refractivity contribution is -0.115. The van der Waals surface area contributed by atoms with Crippen molar-refractivity contribution in [2.45, 2.75) is 6.42 Å². The van der Waals surface area contributed by atoms with Crippen molar-refractivity contribution in [3.63, 3.8) is 0 Å². The second-order valence-electron chi connectivity index (χ2n) is 2.73. The zero-order chi connectivity index (χ0) is 8.55. The Labute approximate surface area is 69.7 Å². The van der Waals surface area contributed by atoms with Gasteiger partial charge in [0.1, 0.15) is 18.3 Å². The summed E-state index contributed by atoms with van der Waals surface area (Å²) < 4.78 is 0. The van der Waals surface area contributed by atoms with Crippen LogP contribution in [0.2, 0.25) is 0 Å². The molecular weight excluding hydrogens is 156 g/mol. The molecule has 64 valence electrons.